The smallest absolute Gasteiger partial charge is 0.253 e. The third-order valence-electron chi connectivity index (χ3n) is 4.97. The highest BCUT2D eigenvalue weighted by molar-refractivity contribution is 7.89. The Bertz CT molecular complexity index is 1100. The molecular formula is C23H24ClN3O3S. The molecule has 3 rings (SSSR count). The van der Waals surface area contributed by atoms with Crippen molar-refractivity contribution in [1.29, 1.82) is 0 Å². The number of carbonyl (C=O) groups excluding carboxylic acids is 1. The monoisotopic (exact) mass is 457 g/mol. The zero-order valence-corrected chi connectivity index (χ0v) is 18.9. The van der Waals surface area contributed by atoms with Gasteiger partial charge >= 0.3 is 0 Å². The van der Waals surface area contributed by atoms with Crippen LogP contribution in [-0.2, 0) is 10.0 Å². The van der Waals surface area contributed by atoms with Gasteiger partial charge in [0.1, 0.15) is 0 Å². The van der Waals surface area contributed by atoms with E-state index in [0.717, 1.165) is 11.1 Å². The number of halogens is 1. The van der Waals surface area contributed by atoms with E-state index in [2.05, 4.69) is 10.3 Å². The number of nitrogens with zero attached hydrogens (tertiary/aromatic N) is 2. The van der Waals surface area contributed by atoms with Crippen molar-refractivity contribution < 1.29 is 13.2 Å². The number of sulfonamides is 1. The number of aromatic nitrogens is 1. The molecule has 31 heavy (non-hydrogen) atoms. The first kappa shape index (κ1) is 22.9. The number of benzene rings is 2. The van der Waals surface area contributed by atoms with E-state index in [4.69, 9.17) is 11.6 Å². The molecule has 1 amide bonds. The molecule has 8 heteroatoms. The fourth-order valence-corrected chi connectivity index (χ4v) is 5.01. The predicted molar refractivity (Wildman–Crippen MR) is 122 cm³/mol. The Labute approximate surface area is 187 Å². The lowest BCUT2D eigenvalue weighted by molar-refractivity contribution is 0.0943. The van der Waals surface area contributed by atoms with Gasteiger partial charge in [-0.2, -0.15) is 4.31 Å². The molecule has 0 saturated carbocycles. The van der Waals surface area contributed by atoms with Crippen LogP contribution < -0.4 is 5.32 Å². The second-order valence-corrected chi connectivity index (χ2v) is 9.17. The van der Waals surface area contributed by atoms with E-state index < -0.39 is 22.0 Å². The molecule has 1 atom stereocenters. The summed E-state index contributed by atoms with van der Waals surface area (Å²) >= 11 is 6.28. The van der Waals surface area contributed by atoms with Gasteiger partial charge in [-0.1, -0.05) is 55.8 Å². The van der Waals surface area contributed by atoms with E-state index >= 15 is 0 Å². The number of amides is 1. The number of pyridine rings is 1. The number of rotatable bonds is 8. The van der Waals surface area contributed by atoms with Crippen LogP contribution in [0.4, 0.5) is 0 Å². The Morgan fingerprint density at radius 3 is 2.23 bits per heavy atom. The van der Waals surface area contributed by atoms with Crippen molar-refractivity contribution in [2.75, 3.05) is 13.1 Å². The van der Waals surface area contributed by atoms with Gasteiger partial charge < -0.3 is 5.32 Å². The average molecular weight is 458 g/mol. The van der Waals surface area contributed by atoms with Gasteiger partial charge in [0.2, 0.25) is 10.0 Å². The molecule has 0 aliphatic carbocycles. The van der Waals surface area contributed by atoms with Gasteiger partial charge in [0.25, 0.3) is 5.91 Å². The van der Waals surface area contributed by atoms with E-state index in [1.807, 2.05) is 42.5 Å². The van der Waals surface area contributed by atoms with Gasteiger partial charge in [0.15, 0.2) is 0 Å². The first-order valence-corrected chi connectivity index (χ1v) is 11.8. The lowest BCUT2D eigenvalue weighted by Crippen LogP contribution is -2.32. The highest BCUT2D eigenvalue weighted by Crippen LogP contribution is 2.26. The van der Waals surface area contributed by atoms with Gasteiger partial charge in [-0.15, -0.1) is 0 Å². The lowest BCUT2D eigenvalue weighted by Gasteiger charge is -2.21. The fourth-order valence-electron chi connectivity index (χ4n) is 3.32. The van der Waals surface area contributed by atoms with Crippen LogP contribution in [0, 0.1) is 0 Å². The molecule has 1 N–H and O–H groups in total. The van der Waals surface area contributed by atoms with Crippen molar-refractivity contribution in [2.45, 2.75) is 24.8 Å². The van der Waals surface area contributed by atoms with Gasteiger partial charge in [-0.3, -0.25) is 9.78 Å². The molecule has 0 radical (unpaired) electrons. The average Bonchev–Trinajstić information content (AvgIpc) is 2.79. The number of carbonyl (C=O) groups is 1. The van der Waals surface area contributed by atoms with Crippen LogP contribution in [0.2, 0.25) is 5.02 Å². The summed E-state index contributed by atoms with van der Waals surface area (Å²) in [5.74, 6) is -0.465. The largest absolute Gasteiger partial charge is 0.341 e. The van der Waals surface area contributed by atoms with Crippen molar-refractivity contribution in [2.24, 2.45) is 0 Å². The Kier molecular flexibility index (Phi) is 7.43. The molecule has 6 nitrogen and oxygen atoms in total. The van der Waals surface area contributed by atoms with Crippen molar-refractivity contribution in [3.8, 4) is 0 Å². The maximum atomic E-state index is 13.2. The second-order valence-electron chi connectivity index (χ2n) is 6.83. The molecule has 162 valence electrons. The molecular weight excluding hydrogens is 434 g/mol. The summed E-state index contributed by atoms with van der Waals surface area (Å²) in [6.45, 7) is 4.20. The summed E-state index contributed by atoms with van der Waals surface area (Å²) in [4.78, 5) is 17.3. The summed E-state index contributed by atoms with van der Waals surface area (Å²) in [5, 5.41) is 3.16. The van der Waals surface area contributed by atoms with Crippen LogP contribution in [0.25, 0.3) is 0 Å². The molecule has 0 bridgehead atoms. The van der Waals surface area contributed by atoms with E-state index in [9.17, 15) is 13.2 Å². The molecule has 1 unspecified atom stereocenters. The van der Waals surface area contributed by atoms with Crippen LogP contribution in [0.3, 0.4) is 0 Å². The van der Waals surface area contributed by atoms with Crippen molar-refractivity contribution >= 4 is 27.5 Å². The maximum absolute atomic E-state index is 13.2. The predicted octanol–water partition coefficient (Wildman–Crippen LogP) is 4.28. The Balaban J connectivity index is 1.98. The Morgan fingerprint density at radius 1 is 1.00 bits per heavy atom. The van der Waals surface area contributed by atoms with Crippen LogP contribution >= 0.6 is 11.6 Å². The summed E-state index contributed by atoms with van der Waals surface area (Å²) in [6, 6.07) is 16.9. The van der Waals surface area contributed by atoms with E-state index in [1.54, 1.807) is 26.2 Å². The normalized spacial score (nSPS) is 12.5. The molecule has 3 aromatic rings. The number of hydrogen-bond acceptors (Lipinski definition) is 4. The van der Waals surface area contributed by atoms with Crippen LogP contribution in [0.1, 0.15) is 41.4 Å². The third kappa shape index (κ3) is 5.12. The molecule has 0 fully saturated rings. The summed E-state index contributed by atoms with van der Waals surface area (Å²) in [6.07, 6.45) is 3.31. The minimum absolute atomic E-state index is 0.0333. The molecule has 0 aliphatic rings. The van der Waals surface area contributed by atoms with Crippen LogP contribution in [0.15, 0.2) is 78.0 Å². The van der Waals surface area contributed by atoms with Gasteiger partial charge in [-0.05, 0) is 41.5 Å². The molecule has 0 spiro atoms. The minimum atomic E-state index is -3.72. The third-order valence-corrected chi connectivity index (χ3v) is 7.35. The quantitative estimate of drug-likeness (QED) is 0.547. The van der Waals surface area contributed by atoms with E-state index in [-0.39, 0.29) is 15.5 Å². The molecule has 0 saturated heterocycles. The Morgan fingerprint density at radius 2 is 1.61 bits per heavy atom. The summed E-state index contributed by atoms with van der Waals surface area (Å²) < 4.78 is 27.1. The SMILES string of the molecule is CCN(CC)S(=O)(=O)c1ccc(Cl)c(C(=O)NC(c2ccccc2)c2ccncc2)c1. The standard InChI is InChI=1S/C23H24ClN3O3S/c1-3-27(4-2)31(29,30)19-10-11-21(24)20(16-19)23(28)26-22(17-8-6-5-7-9-17)18-12-14-25-15-13-18/h5-16,22H,3-4H2,1-2H3,(H,26,28). The zero-order chi connectivity index (χ0) is 22.4. The second kappa shape index (κ2) is 10.0. The van der Waals surface area contributed by atoms with Crippen molar-refractivity contribution in [1.82, 2.24) is 14.6 Å². The lowest BCUT2D eigenvalue weighted by atomic mass is 9.99. The first-order chi connectivity index (χ1) is 14.9. The van der Waals surface area contributed by atoms with Gasteiger partial charge in [0.05, 0.1) is 21.5 Å². The number of hydrogen-bond donors (Lipinski definition) is 1. The Hall–Kier alpha value is -2.74. The fraction of sp³-hybridized carbons (Fsp3) is 0.217. The molecule has 2 aromatic carbocycles. The maximum Gasteiger partial charge on any atom is 0.253 e. The highest BCUT2D eigenvalue weighted by atomic mass is 35.5. The van der Waals surface area contributed by atoms with Crippen LogP contribution in [-0.4, -0.2) is 36.7 Å². The van der Waals surface area contributed by atoms with E-state index in [1.165, 1.54) is 22.5 Å². The van der Waals surface area contributed by atoms with Gasteiger partial charge in [0, 0.05) is 25.5 Å². The highest BCUT2D eigenvalue weighted by Gasteiger charge is 2.25. The molecule has 1 heterocycles. The summed E-state index contributed by atoms with van der Waals surface area (Å²) in [7, 11) is -3.72. The zero-order valence-electron chi connectivity index (χ0n) is 17.3. The van der Waals surface area contributed by atoms with E-state index in [0.29, 0.717) is 13.1 Å². The molecule has 1 aromatic heterocycles. The number of nitrogens with one attached hydrogen (secondary N) is 1. The van der Waals surface area contributed by atoms with Crippen molar-refractivity contribution in [3.63, 3.8) is 0 Å². The molecule has 0 aliphatic heterocycles. The minimum Gasteiger partial charge on any atom is -0.341 e. The van der Waals surface area contributed by atoms with Crippen molar-refractivity contribution in [3.05, 3.63) is 94.8 Å². The topological polar surface area (TPSA) is 79.4 Å². The first-order valence-electron chi connectivity index (χ1n) is 9.93. The van der Waals surface area contributed by atoms with Crippen LogP contribution in [0.5, 0.6) is 0 Å². The van der Waals surface area contributed by atoms with Gasteiger partial charge in [-0.25, -0.2) is 8.42 Å². The summed E-state index contributed by atoms with van der Waals surface area (Å²) in [5.41, 5.74) is 1.83.